The molecule has 0 amide bonds. The van der Waals surface area contributed by atoms with Gasteiger partial charge in [0.2, 0.25) is 0 Å². The lowest BCUT2D eigenvalue weighted by Gasteiger charge is -2.12. The summed E-state index contributed by atoms with van der Waals surface area (Å²) in [6.45, 7) is 15.4. The number of rotatable bonds is 44. The van der Waals surface area contributed by atoms with E-state index >= 15 is 0 Å². The molecule has 0 aliphatic heterocycles. The molecule has 57 heavy (non-hydrogen) atoms. The van der Waals surface area contributed by atoms with Crippen LogP contribution in [0.3, 0.4) is 0 Å². The fourth-order valence-electron chi connectivity index (χ4n) is 8.07. The Morgan fingerprint density at radius 2 is 0.614 bits per heavy atom. The van der Waals surface area contributed by atoms with E-state index in [-0.39, 0.29) is 18.0 Å². The molecule has 342 valence electrons. The van der Waals surface area contributed by atoms with Gasteiger partial charge in [0.1, 0.15) is 0 Å². The van der Waals surface area contributed by atoms with Crippen molar-refractivity contribution in [3.05, 3.63) is 0 Å². The normalized spacial score (nSPS) is 12.0. The third-order valence-electron chi connectivity index (χ3n) is 11.9. The number of carbonyl (C=O) groups excluding carboxylic acids is 1. The van der Waals surface area contributed by atoms with Gasteiger partial charge in [-0.25, -0.2) is 0 Å². The van der Waals surface area contributed by atoms with Gasteiger partial charge in [0.25, 0.3) is 0 Å². The van der Waals surface area contributed by atoms with Crippen molar-refractivity contribution in [3.8, 4) is 0 Å². The summed E-state index contributed by atoms with van der Waals surface area (Å²) in [5, 5.41) is 9.60. The maximum absolute atomic E-state index is 11.7. The van der Waals surface area contributed by atoms with E-state index in [4.69, 9.17) is 4.74 Å². The molecule has 0 aromatic heterocycles. The average Bonchev–Trinajstić information content (AvgIpc) is 3.16. The third-order valence-corrected chi connectivity index (χ3v) is 11.9. The Morgan fingerprint density at radius 1 is 0.368 bits per heavy atom. The van der Waals surface area contributed by atoms with Crippen LogP contribution in [0.4, 0.5) is 0 Å². The first-order valence-electron chi connectivity index (χ1n) is 26.0. The summed E-state index contributed by atoms with van der Waals surface area (Å²) in [5.74, 6) is 1.03. The van der Waals surface area contributed by atoms with Crippen molar-refractivity contribution in [2.24, 2.45) is 17.8 Å². The maximum atomic E-state index is 11.7. The fourth-order valence-corrected chi connectivity index (χ4v) is 8.07. The van der Waals surface area contributed by atoms with Crippen LogP contribution in [0.5, 0.6) is 0 Å². The number of hydrogen-bond donors (Lipinski definition) is 1. The highest BCUT2D eigenvalue weighted by Gasteiger charge is 2.16. The Balaban J connectivity index is 0. The summed E-state index contributed by atoms with van der Waals surface area (Å²) in [6.07, 6.45) is 52.1. The quantitative estimate of drug-likeness (QED) is 0.0492. The molecule has 0 fully saturated rings. The van der Waals surface area contributed by atoms with Crippen molar-refractivity contribution in [3.63, 3.8) is 0 Å². The van der Waals surface area contributed by atoms with Crippen LogP contribution in [-0.2, 0) is 14.3 Å². The molecule has 0 aliphatic carbocycles. The highest BCUT2D eigenvalue weighted by Crippen LogP contribution is 2.21. The number of esters is 1. The zero-order valence-electron chi connectivity index (χ0n) is 40.3. The lowest BCUT2D eigenvalue weighted by atomic mass is 9.94. The van der Waals surface area contributed by atoms with Crippen LogP contribution in [0, 0.1) is 17.8 Å². The minimum Gasteiger partial charge on any atom is -0.481 e. The van der Waals surface area contributed by atoms with E-state index in [2.05, 4.69) is 34.6 Å². The molecule has 4 heteroatoms. The van der Waals surface area contributed by atoms with E-state index in [0.717, 1.165) is 43.9 Å². The molecule has 0 rings (SSSR count). The van der Waals surface area contributed by atoms with E-state index in [1.54, 1.807) is 0 Å². The highest BCUT2D eigenvalue weighted by atomic mass is 16.5. The van der Waals surface area contributed by atoms with Gasteiger partial charge in [-0.2, -0.15) is 0 Å². The lowest BCUT2D eigenvalue weighted by molar-refractivity contribution is -0.147. The van der Waals surface area contributed by atoms with Crippen LogP contribution < -0.4 is 0 Å². The zero-order valence-corrected chi connectivity index (χ0v) is 40.3. The number of ether oxygens (including phenoxy) is 1. The van der Waals surface area contributed by atoms with Crippen molar-refractivity contribution in [1.82, 2.24) is 0 Å². The minimum absolute atomic E-state index is 0.0280. The second-order valence-corrected chi connectivity index (χ2v) is 19.3. The van der Waals surface area contributed by atoms with Gasteiger partial charge in [0.15, 0.2) is 0 Å². The number of aliphatic carboxylic acids is 1. The lowest BCUT2D eigenvalue weighted by Crippen LogP contribution is -2.13. The Hall–Kier alpha value is -1.06. The van der Waals surface area contributed by atoms with Crippen molar-refractivity contribution < 1.29 is 19.4 Å². The van der Waals surface area contributed by atoms with Gasteiger partial charge in [0, 0.05) is 6.42 Å². The molecule has 0 heterocycles. The number of unbranched alkanes of at least 4 members (excludes halogenated alkanes) is 32. The van der Waals surface area contributed by atoms with Crippen LogP contribution in [0.2, 0.25) is 0 Å². The van der Waals surface area contributed by atoms with Gasteiger partial charge in [-0.15, -0.1) is 0 Å². The monoisotopic (exact) mass is 807 g/mol. The third kappa shape index (κ3) is 52.9. The number of carboxylic acids is 1. The van der Waals surface area contributed by atoms with Crippen molar-refractivity contribution in [1.29, 1.82) is 0 Å². The molecule has 4 nitrogen and oxygen atoms in total. The predicted octanol–water partition coefficient (Wildman–Crippen LogP) is 18.6. The Morgan fingerprint density at radius 3 is 0.860 bits per heavy atom. The summed E-state index contributed by atoms with van der Waals surface area (Å²) >= 11 is 0. The highest BCUT2D eigenvalue weighted by molar-refractivity contribution is 5.70. The fraction of sp³-hybridized carbons (Fsp3) is 0.962. The molecule has 0 spiro atoms. The average molecular weight is 807 g/mol. The van der Waals surface area contributed by atoms with E-state index in [9.17, 15) is 14.7 Å². The van der Waals surface area contributed by atoms with E-state index < -0.39 is 5.97 Å². The van der Waals surface area contributed by atoms with E-state index in [0.29, 0.717) is 6.42 Å². The Kier molecular flexibility index (Phi) is 48.5. The molecule has 0 aliphatic rings. The van der Waals surface area contributed by atoms with E-state index in [1.807, 2.05) is 13.8 Å². The van der Waals surface area contributed by atoms with Gasteiger partial charge in [0.05, 0.1) is 12.0 Å². The maximum Gasteiger partial charge on any atom is 0.306 e. The standard InChI is InChI=1S/C36H72O2.C17H34O2/c1-33(2)29-25-21-17-13-9-6-5-7-11-15-19-23-27-31-35(36(37)38)32-28-24-20-16-12-8-10-14-18-22-26-30-34(3)4;1-4-5-6-7-8-9-10-11-12-13-14-15-17(18)19-16(2)3/h33-35H,5-32H2,1-4H3,(H,37,38);16H,4-15H2,1-3H3. The zero-order chi connectivity index (χ0) is 42.5. The Labute approximate surface area is 359 Å². The van der Waals surface area contributed by atoms with Crippen LogP contribution >= 0.6 is 0 Å². The SMILES string of the molecule is CC(C)CCCCCCCCCCCCCCCC(CCCCCCCCCCCCCC(C)C)C(=O)O.CCCCCCCCCCCCCC(=O)OC(C)C. The number of hydrogen-bond acceptors (Lipinski definition) is 3. The van der Waals surface area contributed by atoms with Gasteiger partial charge >= 0.3 is 11.9 Å². The van der Waals surface area contributed by atoms with Crippen LogP contribution in [-0.4, -0.2) is 23.1 Å². The molecular weight excluding hydrogens is 701 g/mol. The van der Waals surface area contributed by atoms with Gasteiger partial charge < -0.3 is 9.84 Å². The molecule has 1 atom stereocenters. The smallest absolute Gasteiger partial charge is 0.306 e. The van der Waals surface area contributed by atoms with Gasteiger partial charge in [-0.05, 0) is 44.9 Å². The molecule has 1 N–H and O–H groups in total. The summed E-state index contributed by atoms with van der Waals surface area (Å²) in [7, 11) is 0. The summed E-state index contributed by atoms with van der Waals surface area (Å²) < 4.78 is 5.10. The van der Waals surface area contributed by atoms with E-state index in [1.165, 1.54) is 218 Å². The predicted molar refractivity (Wildman–Crippen MR) is 252 cm³/mol. The second kappa shape index (κ2) is 47.6. The second-order valence-electron chi connectivity index (χ2n) is 19.3. The summed E-state index contributed by atoms with van der Waals surface area (Å²) in [6, 6.07) is 0. The molecule has 0 saturated carbocycles. The van der Waals surface area contributed by atoms with Crippen LogP contribution in [0.25, 0.3) is 0 Å². The summed E-state index contributed by atoms with van der Waals surface area (Å²) in [4.78, 5) is 22.9. The summed E-state index contributed by atoms with van der Waals surface area (Å²) in [5.41, 5.74) is 0. The molecule has 1 unspecified atom stereocenters. The minimum atomic E-state index is -0.557. The first kappa shape index (κ1) is 58.0. The molecule has 0 saturated heterocycles. The molecule has 0 bridgehead atoms. The van der Waals surface area contributed by atoms with Gasteiger partial charge in [-0.3, -0.25) is 9.59 Å². The Bertz CT molecular complexity index is 790. The van der Waals surface area contributed by atoms with Crippen molar-refractivity contribution in [2.75, 3.05) is 0 Å². The van der Waals surface area contributed by atoms with Crippen LogP contribution in [0.1, 0.15) is 305 Å². The van der Waals surface area contributed by atoms with Crippen molar-refractivity contribution >= 4 is 11.9 Å². The molecule has 0 radical (unpaired) electrons. The first-order valence-corrected chi connectivity index (χ1v) is 26.0. The van der Waals surface area contributed by atoms with Crippen LogP contribution in [0.15, 0.2) is 0 Å². The topological polar surface area (TPSA) is 63.6 Å². The van der Waals surface area contributed by atoms with Gasteiger partial charge in [-0.1, -0.05) is 266 Å². The first-order chi connectivity index (χ1) is 27.6. The number of carboxylic acid groups (broad SMARTS) is 1. The molecule has 0 aromatic carbocycles. The molecule has 0 aromatic rings. The number of carbonyl (C=O) groups is 2. The van der Waals surface area contributed by atoms with Crippen molar-refractivity contribution in [2.45, 2.75) is 311 Å². The molecular formula is C53H106O4. The largest absolute Gasteiger partial charge is 0.481 e.